The molecule has 0 saturated heterocycles. The first-order valence-electron chi connectivity index (χ1n) is 12.9. The Hall–Kier alpha value is -4.24. The maximum atomic E-state index is 12.5. The number of hydrogen-bond acceptors (Lipinski definition) is 7. The van der Waals surface area contributed by atoms with Gasteiger partial charge in [0.15, 0.2) is 0 Å². The van der Waals surface area contributed by atoms with Crippen molar-refractivity contribution in [2.45, 2.75) is 38.8 Å². The van der Waals surface area contributed by atoms with E-state index in [4.69, 9.17) is 15.2 Å². The minimum absolute atomic E-state index is 0.220. The van der Waals surface area contributed by atoms with Crippen molar-refractivity contribution >= 4 is 49.5 Å². The fourth-order valence-electron chi connectivity index (χ4n) is 4.41. The predicted molar refractivity (Wildman–Crippen MR) is 161 cm³/mol. The SMILES string of the molecule is CC(C)(C)OC(=O)N[C@H](COc1cncc(-c2cc3c(cnc4cc(Br)ccc43)c(N)n2)c1)Cc1ccccc1. The van der Waals surface area contributed by atoms with Crippen molar-refractivity contribution in [1.29, 1.82) is 0 Å². The second kappa shape index (κ2) is 11.5. The van der Waals surface area contributed by atoms with E-state index in [-0.39, 0.29) is 12.6 Å². The lowest BCUT2D eigenvalue weighted by molar-refractivity contribution is 0.0487. The first kappa shape index (κ1) is 27.3. The van der Waals surface area contributed by atoms with Crippen LogP contribution in [0.15, 0.2) is 83.7 Å². The average Bonchev–Trinajstić information content (AvgIpc) is 2.91. The highest BCUT2D eigenvalue weighted by molar-refractivity contribution is 9.10. The molecule has 0 aliphatic carbocycles. The molecule has 1 amide bonds. The van der Waals surface area contributed by atoms with Gasteiger partial charge in [0.25, 0.3) is 0 Å². The van der Waals surface area contributed by atoms with Crippen LogP contribution < -0.4 is 15.8 Å². The van der Waals surface area contributed by atoms with Crippen molar-refractivity contribution in [2.24, 2.45) is 0 Å². The van der Waals surface area contributed by atoms with Crippen LogP contribution in [0.5, 0.6) is 5.75 Å². The van der Waals surface area contributed by atoms with Gasteiger partial charge in [0.1, 0.15) is 23.8 Å². The van der Waals surface area contributed by atoms with Crippen LogP contribution in [0.2, 0.25) is 0 Å². The van der Waals surface area contributed by atoms with Crippen molar-refractivity contribution in [3.8, 4) is 17.0 Å². The van der Waals surface area contributed by atoms with Crippen LogP contribution in [0.3, 0.4) is 0 Å². The van der Waals surface area contributed by atoms with E-state index in [0.717, 1.165) is 37.3 Å². The van der Waals surface area contributed by atoms with Gasteiger partial charge in [-0.25, -0.2) is 9.78 Å². The number of nitrogens with one attached hydrogen (secondary N) is 1. The molecule has 3 aromatic heterocycles. The molecule has 40 heavy (non-hydrogen) atoms. The van der Waals surface area contributed by atoms with Crippen LogP contribution in [-0.4, -0.2) is 39.3 Å². The van der Waals surface area contributed by atoms with E-state index in [1.165, 1.54) is 0 Å². The van der Waals surface area contributed by atoms with E-state index < -0.39 is 11.7 Å². The number of carbonyl (C=O) groups excluding carboxylic acids is 1. The van der Waals surface area contributed by atoms with Gasteiger partial charge in [0.2, 0.25) is 0 Å². The lowest BCUT2D eigenvalue weighted by Crippen LogP contribution is -2.43. The molecule has 0 saturated carbocycles. The van der Waals surface area contributed by atoms with Crippen molar-refractivity contribution in [3.63, 3.8) is 0 Å². The molecule has 0 aliphatic rings. The molecular formula is C31H30BrN5O3. The topological polar surface area (TPSA) is 112 Å². The third-order valence-electron chi connectivity index (χ3n) is 6.18. The second-order valence-electron chi connectivity index (χ2n) is 10.5. The van der Waals surface area contributed by atoms with Crippen LogP contribution in [0, 0.1) is 0 Å². The van der Waals surface area contributed by atoms with Crippen molar-refractivity contribution in [1.82, 2.24) is 20.3 Å². The Morgan fingerprint density at radius 2 is 1.80 bits per heavy atom. The Bertz CT molecular complexity index is 1670. The Labute approximate surface area is 241 Å². The van der Waals surface area contributed by atoms with Crippen molar-refractivity contribution in [2.75, 3.05) is 12.3 Å². The van der Waals surface area contributed by atoms with Gasteiger partial charge in [0.05, 0.1) is 23.4 Å². The van der Waals surface area contributed by atoms with E-state index in [0.29, 0.717) is 23.7 Å². The van der Waals surface area contributed by atoms with Gasteiger partial charge < -0.3 is 20.5 Å². The van der Waals surface area contributed by atoms with E-state index in [2.05, 4.69) is 36.2 Å². The number of benzene rings is 2. The number of amides is 1. The molecule has 2 aromatic carbocycles. The van der Waals surface area contributed by atoms with Crippen molar-refractivity contribution < 1.29 is 14.3 Å². The van der Waals surface area contributed by atoms with E-state index in [9.17, 15) is 4.79 Å². The smallest absolute Gasteiger partial charge is 0.408 e. The maximum absolute atomic E-state index is 12.5. The largest absolute Gasteiger partial charge is 0.490 e. The van der Waals surface area contributed by atoms with Gasteiger partial charge in [0, 0.05) is 33.2 Å². The normalized spacial score (nSPS) is 12.3. The molecule has 9 heteroatoms. The van der Waals surface area contributed by atoms with Crippen LogP contribution in [0.1, 0.15) is 26.3 Å². The number of carbonyl (C=O) groups is 1. The molecule has 0 aliphatic heterocycles. The van der Waals surface area contributed by atoms with Crippen LogP contribution in [-0.2, 0) is 11.2 Å². The molecule has 0 bridgehead atoms. The van der Waals surface area contributed by atoms with Crippen molar-refractivity contribution in [3.05, 3.63) is 89.3 Å². The molecule has 8 nitrogen and oxygen atoms in total. The van der Waals surface area contributed by atoms with Gasteiger partial charge in [-0.15, -0.1) is 0 Å². The second-order valence-corrected chi connectivity index (χ2v) is 11.4. The first-order chi connectivity index (χ1) is 19.1. The Morgan fingerprint density at radius 1 is 1.00 bits per heavy atom. The number of aromatic nitrogens is 3. The zero-order valence-electron chi connectivity index (χ0n) is 22.5. The van der Waals surface area contributed by atoms with Gasteiger partial charge in [-0.3, -0.25) is 9.97 Å². The molecule has 0 radical (unpaired) electrons. The van der Waals surface area contributed by atoms with Crippen LogP contribution >= 0.6 is 15.9 Å². The third kappa shape index (κ3) is 6.66. The first-order valence-corrected chi connectivity index (χ1v) is 13.7. The molecule has 1 atom stereocenters. The summed E-state index contributed by atoms with van der Waals surface area (Å²) in [5, 5.41) is 5.66. The number of hydrogen-bond donors (Lipinski definition) is 2. The molecular weight excluding hydrogens is 570 g/mol. The highest BCUT2D eigenvalue weighted by Crippen LogP contribution is 2.32. The number of alkyl carbamates (subject to hydrolysis) is 1. The highest BCUT2D eigenvalue weighted by atomic mass is 79.9. The zero-order chi connectivity index (χ0) is 28.3. The summed E-state index contributed by atoms with van der Waals surface area (Å²) >= 11 is 3.51. The summed E-state index contributed by atoms with van der Waals surface area (Å²) < 4.78 is 12.6. The Morgan fingerprint density at radius 3 is 2.58 bits per heavy atom. The quantitative estimate of drug-likeness (QED) is 0.200. The van der Waals surface area contributed by atoms with Gasteiger partial charge in [-0.1, -0.05) is 52.3 Å². The summed E-state index contributed by atoms with van der Waals surface area (Å²) in [5.74, 6) is 0.936. The average molecular weight is 601 g/mol. The zero-order valence-corrected chi connectivity index (χ0v) is 24.1. The lowest BCUT2D eigenvalue weighted by Gasteiger charge is -2.24. The molecule has 0 unspecified atom stereocenters. The van der Waals surface area contributed by atoms with E-state index in [1.54, 1.807) is 18.6 Å². The standard InChI is InChI=1S/C31H30BrN5O3/c1-31(2,3)40-30(38)36-22(11-19-7-5-4-6-8-19)18-39-23-12-20(15-34-16-23)27-14-25-24-10-9-21(32)13-28(24)35-17-26(25)29(33)37-27/h4-10,12-17,22H,11,18H2,1-3H3,(H2,33,37)(H,36,38)/t22-/m0/s1. The summed E-state index contributed by atoms with van der Waals surface area (Å²) in [6, 6.07) is 19.4. The fraction of sp³-hybridized carbons (Fsp3) is 0.226. The van der Waals surface area contributed by atoms with Crippen LogP contribution in [0.25, 0.3) is 32.9 Å². The number of nitrogens with two attached hydrogens (primary N) is 1. The summed E-state index contributed by atoms with van der Waals surface area (Å²) in [5.41, 5.74) is 9.11. The summed E-state index contributed by atoms with van der Waals surface area (Å²) in [6.45, 7) is 5.71. The molecule has 3 heterocycles. The Kier molecular flexibility index (Phi) is 7.84. The number of rotatable bonds is 7. The highest BCUT2D eigenvalue weighted by Gasteiger charge is 2.21. The lowest BCUT2D eigenvalue weighted by atomic mass is 10.0. The monoisotopic (exact) mass is 599 g/mol. The summed E-state index contributed by atoms with van der Waals surface area (Å²) in [4.78, 5) is 26.1. The molecule has 0 fully saturated rings. The third-order valence-corrected chi connectivity index (χ3v) is 6.67. The number of anilines is 1. The molecule has 5 aromatic rings. The number of ether oxygens (including phenoxy) is 2. The number of nitrogen functional groups attached to an aromatic ring is 1. The van der Waals surface area contributed by atoms with Crippen LogP contribution in [0.4, 0.5) is 10.6 Å². The number of nitrogens with zero attached hydrogens (tertiary/aromatic N) is 3. The Balaban J connectivity index is 1.39. The number of fused-ring (bicyclic) bond motifs is 3. The molecule has 204 valence electrons. The maximum Gasteiger partial charge on any atom is 0.408 e. The van der Waals surface area contributed by atoms with E-state index in [1.807, 2.05) is 81.4 Å². The van der Waals surface area contributed by atoms with Gasteiger partial charge in [-0.2, -0.15) is 0 Å². The van der Waals surface area contributed by atoms with Gasteiger partial charge in [-0.05, 0) is 62.4 Å². The molecule has 3 N–H and O–H groups in total. The summed E-state index contributed by atoms with van der Waals surface area (Å²) in [7, 11) is 0. The minimum atomic E-state index is -0.604. The fourth-order valence-corrected chi connectivity index (χ4v) is 4.76. The van der Waals surface area contributed by atoms with Gasteiger partial charge >= 0.3 is 6.09 Å². The predicted octanol–water partition coefficient (Wildman–Crippen LogP) is 6.70. The minimum Gasteiger partial charge on any atom is -0.490 e. The summed E-state index contributed by atoms with van der Waals surface area (Å²) in [6.07, 6.45) is 5.19. The molecule has 0 spiro atoms. The number of pyridine rings is 3. The molecule has 5 rings (SSSR count). The van der Waals surface area contributed by atoms with E-state index >= 15 is 0 Å². The number of halogens is 1.